The second kappa shape index (κ2) is 2.32. The largest absolute Gasteiger partial charge is 0.298 e. The van der Waals surface area contributed by atoms with E-state index < -0.39 is 0 Å². The standard InChI is InChI=1S/C9H13BrO/c1-9-4-2-6(9)8(11)7(10)3-5-9/h6-7H,2-5H2,1H3. The summed E-state index contributed by atoms with van der Waals surface area (Å²) in [5.41, 5.74) is 0.390. The zero-order chi connectivity index (χ0) is 8.06. The van der Waals surface area contributed by atoms with E-state index in [9.17, 15) is 4.79 Å². The first-order valence-corrected chi connectivity index (χ1v) is 5.23. The molecule has 1 nitrogen and oxygen atoms in total. The molecule has 0 bridgehead atoms. The van der Waals surface area contributed by atoms with Crippen LogP contribution in [0.3, 0.4) is 0 Å². The lowest BCUT2D eigenvalue weighted by Crippen LogP contribution is -2.49. The Bertz CT molecular complexity index is 202. The summed E-state index contributed by atoms with van der Waals surface area (Å²) >= 11 is 3.43. The van der Waals surface area contributed by atoms with Crippen LogP contribution < -0.4 is 0 Å². The average molecular weight is 217 g/mol. The number of ketones is 1. The number of hydrogen-bond donors (Lipinski definition) is 0. The predicted octanol–water partition coefficient (Wildman–Crippen LogP) is 2.53. The van der Waals surface area contributed by atoms with E-state index in [4.69, 9.17) is 0 Å². The van der Waals surface area contributed by atoms with Crippen molar-refractivity contribution in [1.82, 2.24) is 0 Å². The fraction of sp³-hybridized carbons (Fsp3) is 0.889. The van der Waals surface area contributed by atoms with Crippen molar-refractivity contribution in [3.63, 3.8) is 0 Å². The normalized spacial score (nSPS) is 49.8. The van der Waals surface area contributed by atoms with E-state index in [1.165, 1.54) is 12.8 Å². The quantitative estimate of drug-likeness (QED) is 0.570. The summed E-state index contributed by atoms with van der Waals surface area (Å²) in [4.78, 5) is 11.7. The molecule has 0 aromatic carbocycles. The Kier molecular flexibility index (Phi) is 1.64. The molecule has 0 heterocycles. The van der Waals surface area contributed by atoms with Gasteiger partial charge in [0.2, 0.25) is 0 Å². The molecule has 0 N–H and O–H groups in total. The summed E-state index contributed by atoms with van der Waals surface area (Å²) in [6, 6.07) is 0. The highest BCUT2D eigenvalue weighted by molar-refractivity contribution is 9.10. The predicted molar refractivity (Wildman–Crippen MR) is 47.8 cm³/mol. The van der Waals surface area contributed by atoms with E-state index in [1.807, 2.05) is 0 Å². The van der Waals surface area contributed by atoms with Crippen LogP contribution in [0, 0.1) is 11.3 Å². The number of fused-ring (bicyclic) bond motifs is 1. The maximum Gasteiger partial charge on any atom is 0.150 e. The number of rotatable bonds is 0. The van der Waals surface area contributed by atoms with Crippen LogP contribution in [0.25, 0.3) is 0 Å². The van der Waals surface area contributed by atoms with Crippen molar-refractivity contribution in [3.05, 3.63) is 0 Å². The van der Waals surface area contributed by atoms with Gasteiger partial charge in [-0.25, -0.2) is 0 Å². The molecule has 0 radical (unpaired) electrons. The fourth-order valence-electron chi connectivity index (χ4n) is 2.38. The number of carbonyl (C=O) groups is 1. The Hall–Kier alpha value is 0.150. The Morgan fingerprint density at radius 3 is 2.55 bits per heavy atom. The van der Waals surface area contributed by atoms with Gasteiger partial charge in [-0.05, 0) is 31.1 Å². The summed E-state index contributed by atoms with van der Waals surface area (Å²) in [6.45, 7) is 2.26. The lowest BCUT2D eigenvalue weighted by molar-refractivity contribution is -0.136. The Morgan fingerprint density at radius 1 is 1.45 bits per heavy atom. The van der Waals surface area contributed by atoms with Crippen LogP contribution in [-0.2, 0) is 4.79 Å². The minimum absolute atomic E-state index is 0.167. The topological polar surface area (TPSA) is 17.1 Å². The zero-order valence-electron chi connectivity index (χ0n) is 6.77. The summed E-state index contributed by atoms with van der Waals surface area (Å²) in [7, 11) is 0. The van der Waals surface area contributed by atoms with Gasteiger partial charge in [0.1, 0.15) is 5.78 Å². The van der Waals surface area contributed by atoms with Crippen molar-refractivity contribution in [2.75, 3.05) is 0 Å². The van der Waals surface area contributed by atoms with Crippen LogP contribution in [0.15, 0.2) is 0 Å². The lowest BCUT2D eigenvalue weighted by Gasteiger charge is -2.50. The van der Waals surface area contributed by atoms with E-state index >= 15 is 0 Å². The molecule has 3 unspecified atom stereocenters. The Balaban J connectivity index is 2.17. The highest BCUT2D eigenvalue weighted by Gasteiger charge is 2.50. The molecule has 2 saturated carbocycles. The zero-order valence-corrected chi connectivity index (χ0v) is 8.36. The average Bonchev–Trinajstić information content (AvgIpc) is 1.95. The smallest absolute Gasteiger partial charge is 0.150 e. The first kappa shape index (κ1) is 7.78. The third kappa shape index (κ3) is 0.986. The first-order chi connectivity index (χ1) is 5.13. The highest BCUT2D eigenvalue weighted by atomic mass is 79.9. The monoisotopic (exact) mass is 216 g/mol. The molecular weight excluding hydrogens is 204 g/mol. The second-order valence-corrected chi connectivity index (χ2v) is 5.26. The van der Waals surface area contributed by atoms with Gasteiger partial charge >= 0.3 is 0 Å². The van der Waals surface area contributed by atoms with Crippen molar-refractivity contribution in [2.45, 2.75) is 37.4 Å². The fourth-order valence-corrected chi connectivity index (χ4v) is 2.93. The SMILES string of the molecule is CC12CCC(Br)C(=O)C1CC2. The van der Waals surface area contributed by atoms with Crippen LogP contribution in [0.4, 0.5) is 0 Å². The Morgan fingerprint density at radius 2 is 2.09 bits per heavy atom. The van der Waals surface area contributed by atoms with Crippen molar-refractivity contribution in [2.24, 2.45) is 11.3 Å². The molecule has 0 saturated heterocycles. The van der Waals surface area contributed by atoms with Crippen molar-refractivity contribution < 1.29 is 4.79 Å². The molecule has 2 fully saturated rings. The first-order valence-electron chi connectivity index (χ1n) is 4.31. The molecule has 62 valence electrons. The third-order valence-corrected chi connectivity index (χ3v) is 4.38. The number of Topliss-reactive ketones (excluding diaryl/α,β-unsaturated/α-hetero) is 1. The molecule has 2 aliphatic rings. The molecule has 2 heteroatoms. The highest BCUT2D eigenvalue weighted by Crippen LogP contribution is 2.54. The van der Waals surface area contributed by atoms with Gasteiger partial charge in [-0.2, -0.15) is 0 Å². The van der Waals surface area contributed by atoms with E-state index in [1.54, 1.807) is 0 Å². The number of halogens is 1. The molecule has 11 heavy (non-hydrogen) atoms. The second-order valence-electron chi connectivity index (χ2n) is 4.15. The summed E-state index contributed by atoms with van der Waals surface area (Å²) in [5.74, 6) is 0.852. The van der Waals surface area contributed by atoms with Gasteiger partial charge in [0.15, 0.2) is 0 Å². The minimum atomic E-state index is 0.167. The molecule has 0 amide bonds. The number of alkyl halides is 1. The van der Waals surface area contributed by atoms with Crippen molar-refractivity contribution in [1.29, 1.82) is 0 Å². The van der Waals surface area contributed by atoms with Gasteiger partial charge in [-0.3, -0.25) is 4.79 Å². The molecular formula is C9H13BrO. The minimum Gasteiger partial charge on any atom is -0.298 e. The van der Waals surface area contributed by atoms with Crippen molar-refractivity contribution >= 4 is 21.7 Å². The van der Waals surface area contributed by atoms with E-state index in [0.29, 0.717) is 17.1 Å². The molecule has 2 rings (SSSR count). The van der Waals surface area contributed by atoms with Gasteiger partial charge in [-0.1, -0.05) is 22.9 Å². The van der Waals surface area contributed by atoms with Crippen LogP contribution in [-0.4, -0.2) is 10.6 Å². The van der Waals surface area contributed by atoms with Gasteiger partial charge < -0.3 is 0 Å². The Labute approximate surface area is 75.7 Å². The third-order valence-electron chi connectivity index (χ3n) is 3.47. The molecule has 0 aromatic rings. The maximum absolute atomic E-state index is 11.5. The molecule has 0 aliphatic heterocycles. The lowest BCUT2D eigenvalue weighted by atomic mass is 9.54. The van der Waals surface area contributed by atoms with E-state index in [-0.39, 0.29) is 4.83 Å². The number of carbonyl (C=O) groups excluding carboxylic acids is 1. The van der Waals surface area contributed by atoms with Gasteiger partial charge in [0.05, 0.1) is 4.83 Å². The van der Waals surface area contributed by atoms with E-state index in [2.05, 4.69) is 22.9 Å². The summed E-state index contributed by atoms with van der Waals surface area (Å²) < 4.78 is 0. The van der Waals surface area contributed by atoms with Gasteiger partial charge in [0.25, 0.3) is 0 Å². The van der Waals surface area contributed by atoms with Gasteiger partial charge in [-0.15, -0.1) is 0 Å². The summed E-state index contributed by atoms with van der Waals surface area (Å²) in [5, 5.41) is 0. The number of hydrogen-bond acceptors (Lipinski definition) is 1. The van der Waals surface area contributed by atoms with Crippen LogP contribution in [0.2, 0.25) is 0 Å². The molecule has 2 aliphatic carbocycles. The molecule has 0 aromatic heterocycles. The van der Waals surface area contributed by atoms with E-state index in [0.717, 1.165) is 12.8 Å². The maximum atomic E-state index is 11.5. The summed E-state index contributed by atoms with van der Waals surface area (Å²) in [6.07, 6.45) is 4.69. The van der Waals surface area contributed by atoms with Crippen LogP contribution >= 0.6 is 15.9 Å². The molecule has 3 atom stereocenters. The molecule has 0 spiro atoms. The van der Waals surface area contributed by atoms with Crippen LogP contribution in [0.5, 0.6) is 0 Å². The van der Waals surface area contributed by atoms with Crippen molar-refractivity contribution in [3.8, 4) is 0 Å². The van der Waals surface area contributed by atoms with Crippen LogP contribution in [0.1, 0.15) is 32.6 Å². The van der Waals surface area contributed by atoms with Gasteiger partial charge in [0, 0.05) is 5.92 Å².